The molecule has 0 saturated carbocycles. The predicted octanol–water partition coefficient (Wildman–Crippen LogP) is 2.64. The molecule has 0 fully saturated rings. The lowest BCUT2D eigenvalue weighted by Crippen LogP contribution is -2.32. The molecule has 2 N–H and O–H groups in total. The van der Waals surface area contributed by atoms with Crippen LogP contribution in [0, 0.1) is 6.92 Å². The molecule has 2 rings (SSSR count). The molecule has 10 heteroatoms. The van der Waals surface area contributed by atoms with Gasteiger partial charge < -0.3 is 10.3 Å². The van der Waals surface area contributed by atoms with Crippen molar-refractivity contribution in [3.63, 3.8) is 0 Å². The van der Waals surface area contributed by atoms with Crippen LogP contribution >= 0.6 is 0 Å². The molecular formula is C12H8F5N3O2. The third-order valence-electron chi connectivity index (χ3n) is 2.81. The summed E-state index contributed by atoms with van der Waals surface area (Å²) >= 11 is 0. The number of nitrogens with zero attached hydrogens (tertiary/aromatic N) is 2. The third-order valence-corrected chi connectivity index (χ3v) is 2.81. The Hall–Kier alpha value is -2.52. The first kappa shape index (κ1) is 15.9. The van der Waals surface area contributed by atoms with Gasteiger partial charge in [-0.1, -0.05) is 17.3 Å². The number of aromatic nitrogens is 2. The van der Waals surface area contributed by atoms with E-state index in [9.17, 15) is 26.7 Å². The molecule has 1 heterocycles. The van der Waals surface area contributed by atoms with Crippen molar-refractivity contribution in [2.45, 2.75) is 19.0 Å². The number of rotatable bonds is 3. The van der Waals surface area contributed by atoms with Crippen LogP contribution in [0.2, 0.25) is 0 Å². The van der Waals surface area contributed by atoms with E-state index in [2.05, 4.69) is 20.4 Å². The third kappa shape index (κ3) is 2.76. The summed E-state index contributed by atoms with van der Waals surface area (Å²) in [7, 11) is 0. The van der Waals surface area contributed by atoms with Gasteiger partial charge in [0, 0.05) is 11.1 Å². The zero-order valence-electron chi connectivity index (χ0n) is 10.9. The second kappa shape index (κ2) is 5.04. The minimum atomic E-state index is -4.81. The topological polar surface area (TPSA) is 82.0 Å². The van der Waals surface area contributed by atoms with Gasteiger partial charge >= 0.3 is 18.0 Å². The normalized spacial score (nSPS) is 12.5. The number of benzene rings is 1. The van der Waals surface area contributed by atoms with Crippen molar-refractivity contribution in [1.29, 1.82) is 0 Å². The largest absolute Gasteiger partial charge is 0.471 e. The molecule has 0 spiro atoms. The highest BCUT2D eigenvalue weighted by Gasteiger charge is 2.40. The maximum atomic E-state index is 13.5. The van der Waals surface area contributed by atoms with Crippen molar-refractivity contribution >= 4 is 5.91 Å². The fourth-order valence-electron chi connectivity index (χ4n) is 1.70. The Balaban J connectivity index is 2.43. The summed E-state index contributed by atoms with van der Waals surface area (Å²) in [6.45, 7) is 1.35. The molecule has 1 aromatic carbocycles. The van der Waals surface area contributed by atoms with Gasteiger partial charge in [0.2, 0.25) is 5.82 Å². The Kier molecular flexibility index (Phi) is 3.63. The van der Waals surface area contributed by atoms with Gasteiger partial charge in [0.05, 0.1) is 0 Å². The number of amides is 1. The van der Waals surface area contributed by atoms with Crippen LogP contribution in [0.15, 0.2) is 22.7 Å². The SMILES string of the molecule is Cc1cc(C(F)(F)C(N)=O)ccc1-c1noc(C(F)(F)F)n1. The molecular weight excluding hydrogens is 313 g/mol. The summed E-state index contributed by atoms with van der Waals surface area (Å²) in [5.41, 5.74) is 4.11. The Morgan fingerprint density at radius 1 is 1.23 bits per heavy atom. The lowest BCUT2D eigenvalue weighted by Gasteiger charge is -2.14. The van der Waals surface area contributed by atoms with Crippen molar-refractivity contribution in [3.05, 3.63) is 35.2 Å². The van der Waals surface area contributed by atoms with Crippen LogP contribution < -0.4 is 5.73 Å². The van der Waals surface area contributed by atoms with Gasteiger partial charge in [-0.2, -0.15) is 26.9 Å². The van der Waals surface area contributed by atoms with Gasteiger partial charge in [-0.3, -0.25) is 4.79 Å². The molecule has 1 aromatic heterocycles. The lowest BCUT2D eigenvalue weighted by molar-refractivity contribution is -0.159. The molecule has 0 aliphatic heterocycles. The number of hydrogen-bond acceptors (Lipinski definition) is 4. The number of nitrogens with two attached hydrogens (primary N) is 1. The number of hydrogen-bond donors (Lipinski definition) is 1. The first-order chi connectivity index (χ1) is 10.0. The van der Waals surface area contributed by atoms with Crippen molar-refractivity contribution in [2.24, 2.45) is 5.73 Å². The fraction of sp³-hybridized carbons (Fsp3) is 0.250. The number of halogens is 5. The molecule has 0 aliphatic rings. The lowest BCUT2D eigenvalue weighted by atomic mass is 10.0. The highest BCUT2D eigenvalue weighted by atomic mass is 19.4. The number of aryl methyl sites for hydroxylation is 1. The Morgan fingerprint density at radius 2 is 1.86 bits per heavy atom. The molecule has 0 aliphatic carbocycles. The highest BCUT2D eigenvalue weighted by Crippen LogP contribution is 2.33. The fourth-order valence-corrected chi connectivity index (χ4v) is 1.70. The van der Waals surface area contributed by atoms with Gasteiger partial charge in [-0.25, -0.2) is 0 Å². The van der Waals surface area contributed by atoms with Crippen LogP contribution in [0.4, 0.5) is 22.0 Å². The average molecular weight is 321 g/mol. The maximum absolute atomic E-state index is 13.5. The van der Waals surface area contributed by atoms with E-state index in [1.165, 1.54) is 6.92 Å². The molecule has 5 nitrogen and oxygen atoms in total. The zero-order valence-corrected chi connectivity index (χ0v) is 10.9. The Labute approximate surface area is 119 Å². The second-order valence-corrected chi connectivity index (χ2v) is 4.39. The van der Waals surface area contributed by atoms with Gasteiger partial charge in [0.15, 0.2) is 0 Å². The van der Waals surface area contributed by atoms with Gasteiger partial charge in [-0.15, -0.1) is 0 Å². The van der Waals surface area contributed by atoms with Crippen LogP contribution in [-0.4, -0.2) is 16.0 Å². The minimum absolute atomic E-state index is 0.0586. The van der Waals surface area contributed by atoms with Crippen LogP contribution in [0.1, 0.15) is 17.0 Å². The van der Waals surface area contributed by atoms with Crippen LogP contribution in [0.5, 0.6) is 0 Å². The molecule has 0 atom stereocenters. The minimum Gasteiger partial charge on any atom is -0.364 e. The summed E-state index contributed by atoms with van der Waals surface area (Å²) in [6, 6.07) is 2.84. The van der Waals surface area contributed by atoms with Crippen molar-refractivity contribution in [2.75, 3.05) is 0 Å². The van der Waals surface area contributed by atoms with E-state index in [-0.39, 0.29) is 11.1 Å². The molecule has 0 radical (unpaired) electrons. The monoisotopic (exact) mass is 321 g/mol. The first-order valence-corrected chi connectivity index (χ1v) is 5.73. The van der Waals surface area contributed by atoms with E-state index in [0.29, 0.717) is 0 Å². The van der Waals surface area contributed by atoms with E-state index in [1.807, 2.05) is 0 Å². The van der Waals surface area contributed by atoms with Gasteiger partial charge in [-0.05, 0) is 18.6 Å². The number of carbonyl (C=O) groups is 1. The maximum Gasteiger partial charge on any atom is 0.471 e. The van der Waals surface area contributed by atoms with Crippen molar-refractivity contribution in [3.8, 4) is 11.4 Å². The molecule has 2 aromatic rings. The zero-order chi connectivity index (χ0) is 16.7. The summed E-state index contributed by atoms with van der Waals surface area (Å²) < 4.78 is 68.2. The van der Waals surface area contributed by atoms with E-state index in [0.717, 1.165) is 18.2 Å². The Bertz CT molecular complexity index is 724. The van der Waals surface area contributed by atoms with E-state index in [4.69, 9.17) is 0 Å². The molecule has 1 amide bonds. The van der Waals surface area contributed by atoms with E-state index < -0.39 is 35.3 Å². The quantitative estimate of drug-likeness (QED) is 0.881. The number of carbonyl (C=O) groups excluding carboxylic acids is 1. The first-order valence-electron chi connectivity index (χ1n) is 5.73. The van der Waals surface area contributed by atoms with Crippen molar-refractivity contribution < 1.29 is 31.3 Å². The van der Waals surface area contributed by atoms with Crippen molar-refractivity contribution in [1.82, 2.24) is 10.1 Å². The molecule has 0 bridgehead atoms. The molecule has 0 unspecified atom stereocenters. The molecule has 118 valence electrons. The summed E-state index contributed by atoms with van der Waals surface area (Å²) in [4.78, 5) is 13.9. The standard InChI is InChI=1S/C12H8F5N3O2/c1-5-4-6(11(13,14)9(18)21)2-3-7(5)8-19-10(22-20-8)12(15,16)17/h2-4H,1H3,(H2,18,21). The summed E-state index contributed by atoms with van der Waals surface area (Å²) in [6.07, 6.45) is -4.81. The predicted molar refractivity (Wildman–Crippen MR) is 62.6 cm³/mol. The molecule has 0 saturated heterocycles. The van der Waals surface area contributed by atoms with Gasteiger partial charge in [0.1, 0.15) is 0 Å². The van der Waals surface area contributed by atoms with Crippen LogP contribution in [-0.2, 0) is 16.9 Å². The summed E-state index contributed by atoms with van der Waals surface area (Å²) in [5, 5.41) is 3.16. The highest BCUT2D eigenvalue weighted by molar-refractivity contribution is 5.83. The second-order valence-electron chi connectivity index (χ2n) is 4.39. The number of alkyl halides is 5. The Morgan fingerprint density at radius 3 is 2.32 bits per heavy atom. The van der Waals surface area contributed by atoms with Crippen LogP contribution in [0.25, 0.3) is 11.4 Å². The summed E-state index contributed by atoms with van der Waals surface area (Å²) in [5.74, 6) is -7.68. The molecule has 22 heavy (non-hydrogen) atoms. The average Bonchev–Trinajstić information content (AvgIpc) is 2.87. The smallest absolute Gasteiger partial charge is 0.364 e. The van der Waals surface area contributed by atoms with E-state index >= 15 is 0 Å². The van der Waals surface area contributed by atoms with Gasteiger partial charge in [0.25, 0.3) is 5.91 Å². The van der Waals surface area contributed by atoms with E-state index in [1.54, 1.807) is 0 Å². The van der Waals surface area contributed by atoms with Crippen LogP contribution in [0.3, 0.4) is 0 Å². The number of primary amides is 1.